The second kappa shape index (κ2) is 10.8. The fraction of sp³-hybridized carbons (Fsp3) is 0.435. The van der Waals surface area contributed by atoms with Crippen molar-refractivity contribution in [1.29, 1.82) is 0 Å². The maximum Gasteiger partial charge on any atom is 0.227 e. The van der Waals surface area contributed by atoms with Crippen LogP contribution in [0.25, 0.3) is 0 Å². The molecule has 0 bridgehead atoms. The molecule has 1 heterocycles. The molecule has 2 aromatic carbocycles. The summed E-state index contributed by atoms with van der Waals surface area (Å²) in [6.45, 7) is 2.77. The minimum absolute atomic E-state index is 0.0625. The average Bonchev–Trinajstić information content (AvgIpc) is 2.76. The normalized spacial score (nSPS) is 15.7. The lowest BCUT2D eigenvalue weighted by molar-refractivity contribution is -0.120. The number of rotatable bonds is 8. The van der Waals surface area contributed by atoms with Gasteiger partial charge in [-0.25, -0.2) is 12.7 Å². The molecule has 0 atom stereocenters. The van der Waals surface area contributed by atoms with Crippen LogP contribution >= 0.6 is 23.2 Å². The van der Waals surface area contributed by atoms with Crippen molar-refractivity contribution in [1.82, 2.24) is 4.31 Å². The predicted molar refractivity (Wildman–Crippen MR) is 127 cm³/mol. The van der Waals surface area contributed by atoms with Gasteiger partial charge in [-0.05, 0) is 55.5 Å². The smallest absolute Gasteiger partial charge is 0.227 e. The van der Waals surface area contributed by atoms with Gasteiger partial charge in [0.1, 0.15) is 0 Å². The number of halogens is 2. The number of piperidine rings is 1. The first-order chi connectivity index (χ1) is 14.8. The Morgan fingerprint density at radius 2 is 1.68 bits per heavy atom. The Balaban J connectivity index is 1.54. The molecule has 1 aliphatic rings. The van der Waals surface area contributed by atoms with Gasteiger partial charge >= 0.3 is 0 Å². The van der Waals surface area contributed by atoms with Crippen LogP contribution in [0.3, 0.4) is 0 Å². The van der Waals surface area contributed by atoms with Gasteiger partial charge in [0.05, 0.1) is 5.75 Å². The standard InChI is InChI=1S/C23H28Cl2N2O3S/c1-2-3-5-17-8-10-19(11-9-17)26-23(28)18-12-14-27(15-13-18)31(29,30)16-20-21(24)6-4-7-22(20)25/h4,6-11,18H,2-3,5,12-16H2,1H3,(H,26,28). The molecule has 1 aliphatic heterocycles. The second-order valence-corrected chi connectivity index (χ2v) is 10.7. The van der Waals surface area contributed by atoms with E-state index in [0.29, 0.717) is 41.5 Å². The molecule has 0 aliphatic carbocycles. The lowest BCUT2D eigenvalue weighted by Gasteiger charge is -2.30. The van der Waals surface area contributed by atoms with E-state index in [1.165, 1.54) is 9.87 Å². The summed E-state index contributed by atoms with van der Waals surface area (Å²) < 4.78 is 27.1. The molecular formula is C23H28Cl2N2O3S. The summed E-state index contributed by atoms with van der Waals surface area (Å²) in [6, 6.07) is 12.9. The van der Waals surface area contributed by atoms with Crippen molar-refractivity contribution in [3.8, 4) is 0 Å². The number of aryl methyl sites for hydroxylation is 1. The Morgan fingerprint density at radius 3 is 2.26 bits per heavy atom. The number of amides is 1. The first kappa shape index (κ1) is 24.1. The minimum atomic E-state index is -3.57. The molecule has 2 aromatic rings. The van der Waals surface area contributed by atoms with Crippen molar-refractivity contribution in [2.24, 2.45) is 5.92 Å². The topological polar surface area (TPSA) is 66.5 Å². The zero-order valence-corrected chi connectivity index (χ0v) is 19.9. The molecule has 0 unspecified atom stereocenters. The number of nitrogens with one attached hydrogen (secondary N) is 1. The molecule has 1 N–H and O–H groups in total. The van der Waals surface area contributed by atoms with Crippen molar-refractivity contribution in [3.05, 3.63) is 63.6 Å². The van der Waals surface area contributed by atoms with Crippen molar-refractivity contribution in [2.75, 3.05) is 18.4 Å². The first-order valence-corrected chi connectivity index (χ1v) is 13.0. The summed E-state index contributed by atoms with van der Waals surface area (Å²) >= 11 is 12.3. The highest BCUT2D eigenvalue weighted by atomic mass is 35.5. The molecule has 0 spiro atoms. The molecule has 168 valence electrons. The number of hydrogen-bond donors (Lipinski definition) is 1. The molecule has 31 heavy (non-hydrogen) atoms. The van der Waals surface area contributed by atoms with Gasteiger partial charge in [0, 0.05) is 40.3 Å². The van der Waals surface area contributed by atoms with Gasteiger partial charge in [0.25, 0.3) is 0 Å². The molecule has 1 amide bonds. The second-order valence-electron chi connectivity index (χ2n) is 7.92. The van der Waals surface area contributed by atoms with Crippen LogP contribution in [0.1, 0.15) is 43.7 Å². The molecule has 1 saturated heterocycles. The van der Waals surface area contributed by atoms with Crippen LogP contribution in [0.15, 0.2) is 42.5 Å². The van der Waals surface area contributed by atoms with Crippen molar-refractivity contribution >= 4 is 44.8 Å². The maximum atomic E-state index is 12.8. The maximum absolute atomic E-state index is 12.8. The van der Waals surface area contributed by atoms with Crippen LogP contribution < -0.4 is 5.32 Å². The van der Waals surface area contributed by atoms with Crippen molar-refractivity contribution < 1.29 is 13.2 Å². The largest absolute Gasteiger partial charge is 0.326 e. The van der Waals surface area contributed by atoms with E-state index in [1.54, 1.807) is 18.2 Å². The van der Waals surface area contributed by atoms with E-state index in [4.69, 9.17) is 23.2 Å². The van der Waals surface area contributed by atoms with Gasteiger partial charge in [-0.3, -0.25) is 4.79 Å². The minimum Gasteiger partial charge on any atom is -0.326 e. The monoisotopic (exact) mass is 482 g/mol. The Morgan fingerprint density at radius 1 is 1.06 bits per heavy atom. The molecule has 0 radical (unpaired) electrons. The number of carbonyl (C=O) groups excluding carboxylic acids is 1. The molecule has 1 fully saturated rings. The van der Waals surface area contributed by atoms with Gasteiger partial charge in [-0.1, -0.05) is 54.7 Å². The zero-order valence-electron chi connectivity index (χ0n) is 17.6. The molecule has 0 aromatic heterocycles. The highest BCUT2D eigenvalue weighted by Crippen LogP contribution is 2.29. The zero-order chi connectivity index (χ0) is 22.4. The Bertz CT molecular complexity index is 982. The summed E-state index contributed by atoms with van der Waals surface area (Å²) in [5, 5.41) is 3.64. The van der Waals surface area contributed by atoms with Gasteiger partial charge in [0.15, 0.2) is 0 Å². The van der Waals surface area contributed by atoms with Gasteiger partial charge in [0.2, 0.25) is 15.9 Å². The van der Waals surface area contributed by atoms with E-state index in [9.17, 15) is 13.2 Å². The van der Waals surface area contributed by atoms with E-state index in [1.807, 2.05) is 24.3 Å². The number of carbonyl (C=O) groups is 1. The van der Waals surface area contributed by atoms with E-state index in [-0.39, 0.29) is 17.6 Å². The van der Waals surface area contributed by atoms with Crippen LogP contribution in [0, 0.1) is 5.92 Å². The summed E-state index contributed by atoms with van der Waals surface area (Å²) in [4.78, 5) is 12.6. The number of hydrogen-bond acceptors (Lipinski definition) is 3. The third-order valence-electron chi connectivity index (χ3n) is 5.65. The fourth-order valence-corrected chi connectivity index (χ4v) is 6.04. The van der Waals surface area contributed by atoms with E-state index in [2.05, 4.69) is 12.2 Å². The van der Waals surface area contributed by atoms with Gasteiger partial charge < -0.3 is 5.32 Å². The lowest BCUT2D eigenvalue weighted by atomic mass is 9.97. The number of nitrogens with zero attached hydrogens (tertiary/aromatic N) is 1. The first-order valence-electron chi connectivity index (χ1n) is 10.6. The average molecular weight is 483 g/mol. The Labute approximate surface area is 194 Å². The quantitative estimate of drug-likeness (QED) is 0.538. The Kier molecular flexibility index (Phi) is 8.39. The van der Waals surface area contributed by atoms with Crippen molar-refractivity contribution in [2.45, 2.75) is 44.8 Å². The summed E-state index contributed by atoms with van der Waals surface area (Å²) in [7, 11) is -3.57. The van der Waals surface area contributed by atoms with Crippen LogP contribution in [0.4, 0.5) is 5.69 Å². The van der Waals surface area contributed by atoms with Crippen LogP contribution in [-0.2, 0) is 27.0 Å². The highest BCUT2D eigenvalue weighted by molar-refractivity contribution is 7.88. The van der Waals surface area contributed by atoms with E-state index < -0.39 is 10.0 Å². The molecule has 3 rings (SSSR count). The third kappa shape index (κ3) is 6.45. The number of unbranched alkanes of at least 4 members (excludes halogenated alkanes) is 1. The van der Waals surface area contributed by atoms with E-state index >= 15 is 0 Å². The molecule has 8 heteroatoms. The Hall–Kier alpha value is -1.60. The van der Waals surface area contributed by atoms with Crippen LogP contribution in [0.5, 0.6) is 0 Å². The lowest BCUT2D eigenvalue weighted by Crippen LogP contribution is -2.41. The third-order valence-corrected chi connectivity index (χ3v) is 8.16. The highest BCUT2D eigenvalue weighted by Gasteiger charge is 2.32. The van der Waals surface area contributed by atoms with Crippen LogP contribution in [0.2, 0.25) is 10.0 Å². The molecule has 5 nitrogen and oxygen atoms in total. The molecule has 0 saturated carbocycles. The number of anilines is 1. The SMILES string of the molecule is CCCCc1ccc(NC(=O)C2CCN(S(=O)(=O)Cc3c(Cl)cccc3Cl)CC2)cc1. The predicted octanol–water partition coefficient (Wildman–Crippen LogP) is 5.52. The van der Waals surface area contributed by atoms with Crippen LogP contribution in [-0.4, -0.2) is 31.7 Å². The van der Waals surface area contributed by atoms with Crippen molar-refractivity contribution in [3.63, 3.8) is 0 Å². The summed E-state index contributed by atoms with van der Waals surface area (Å²) in [5.41, 5.74) is 2.44. The molecular weight excluding hydrogens is 455 g/mol. The number of sulfonamides is 1. The van der Waals surface area contributed by atoms with Gasteiger partial charge in [-0.15, -0.1) is 0 Å². The fourth-order valence-electron chi connectivity index (χ4n) is 3.72. The van der Waals surface area contributed by atoms with Gasteiger partial charge in [-0.2, -0.15) is 0 Å². The van der Waals surface area contributed by atoms with E-state index in [0.717, 1.165) is 24.9 Å². The summed E-state index contributed by atoms with van der Waals surface area (Å²) in [6.07, 6.45) is 4.30. The number of benzene rings is 2. The summed E-state index contributed by atoms with van der Waals surface area (Å²) in [5.74, 6) is -0.519.